The number of hydrogen-bond donors (Lipinski definition) is 2. The van der Waals surface area contributed by atoms with E-state index in [1.807, 2.05) is 12.1 Å². The van der Waals surface area contributed by atoms with Crippen molar-refractivity contribution in [3.05, 3.63) is 23.4 Å². The van der Waals surface area contributed by atoms with Crippen molar-refractivity contribution in [2.45, 2.75) is 38.8 Å². The number of pyridine rings is 1. The number of halogens is 1. The molecule has 1 aromatic rings. The van der Waals surface area contributed by atoms with Gasteiger partial charge in [0.2, 0.25) is 5.91 Å². The van der Waals surface area contributed by atoms with Crippen molar-refractivity contribution in [1.29, 1.82) is 0 Å². The highest BCUT2D eigenvalue weighted by Gasteiger charge is 2.25. The van der Waals surface area contributed by atoms with Crippen LogP contribution in [-0.2, 0) is 4.79 Å². The number of guanidine groups is 1. The van der Waals surface area contributed by atoms with E-state index in [2.05, 4.69) is 39.4 Å². The summed E-state index contributed by atoms with van der Waals surface area (Å²) in [5, 5.41) is 7.48. The van der Waals surface area contributed by atoms with Crippen LogP contribution in [0.15, 0.2) is 23.3 Å². The van der Waals surface area contributed by atoms with Gasteiger partial charge >= 0.3 is 0 Å². The van der Waals surface area contributed by atoms with Crippen molar-refractivity contribution in [3.8, 4) is 0 Å². The zero-order valence-electron chi connectivity index (χ0n) is 16.0. The van der Waals surface area contributed by atoms with Crippen LogP contribution in [0.5, 0.6) is 0 Å². The second-order valence-corrected chi connectivity index (χ2v) is 7.20. The number of aliphatic imine (C=N–C) groups is 1. The molecule has 2 unspecified atom stereocenters. The SMILES string of the molecule is CCC(C)NC(=NCC(=O)N(C)C)NC1CCN(c2ncccc2Cl)C1. The minimum atomic E-state index is -0.0245. The molecule has 0 bridgehead atoms. The van der Waals surface area contributed by atoms with Crippen LogP contribution in [0.3, 0.4) is 0 Å². The largest absolute Gasteiger partial charge is 0.354 e. The van der Waals surface area contributed by atoms with E-state index in [9.17, 15) is 4.79 Å². The van der Waals surface area contributed by atoms with E-state index in [0.29, 0.717) is 11.0 Å². The number of carbonyl (C=O) groups excluding carboxylic acids is 1. The second kappa shape index (κ2) is 9.62. The fraction of sp³-hybridized carbons (Fsp3) is 0.611. The Morgan fingerprint density at radius 3 is 2.96 bits per heavy atom. The minimum Gasteiger partial charge on any atom is -0.354 e. The Morgan fingerprint density at radius 2 is 2.31 bits per heavy atom. The van der Waals surface area contributed by atoms with E-state index in [0.717, 1.165) is 31.7 Å². The number of amides is 1. The predicted molar refractivity (Wildman–Crippen MR) is 107 cm³/mol. The molecule has 2 N–H and O–H groups in total. The van der Waals surface area contributed by atoms with Gasteiger partial charge in [0.15, 0.2) is 5.96 Å². The van der Waals surface area contributed by atoms with E-state index >= 15 is 0 Å². The first kappa shape index (κ1) is 20.3. The maximum absolute atomic E-state index is 11.8. The summed E-state index contributed by atoms with van der Waals surface area (Å²) >= 11 is 6.26. The normalized spacial score (nSPS) is 18.6. The Morgan fingerprint density at radius 1 is 1.54 bits per heavy atom. The summed E-state index contributed by atoms with van der Waals surface area (Å²) < 4.78 is 0. The lowest BCUT2D eigenvalue weighted by atomic mass is 10.2. The van der Waals surface area contributed by atoms with Gasteiger partial charge < -0.3 is 20.4 Å². The first-order chi connectivity index (χ1) is 12.4. The number of hydrogen-bond acceptors (Lipinski definition) is 4. The molecule has 1 amide bonds. The van der Waals surface area contributed by atoms with Crippen LogP contribution in [0.4, 0.5) is 5.82 Å². The molecule has 2 rings (SSSR count). The van der Waals surface area contributed by atoms with Crippen molar-refractivity contribution >= 4 is 29.3 Å². The van der Waals surface area contributed by atoms with Gasteiger partial charge in [-0.15, -0.1) is 0 Å². The van der Waals surface area contributed by atoms with Crippen molar-refractivity contribution in [2.24, 2.45) is 4.99 Å². The average molecular weight is 381 g/mol. The van der Waals surface area contributed by atoms with Gasteiger partial charge in [-0.1, -0.05) is 18.5 Å². The molecule has 1 aliphatic rings. The third-order valence-electron chi connectivity index (χ3n) is 4.43. The number of aromatic nitrogens is 1. The van der Waals surface area contributed by atoms with Crippen molar-refractivity contribution in [2.75, 3.05) is 38.6 Å². The summed E-state index contributed by atoms with van der Waals surface area (Å²) in [4.78, 5) is 24.4. The number of anilines is 1. The van der Waals surface area contributed by atoms with E-state index in [4.69, 9.17) is 11.6 Å². The number of carbonyl (C=O) groups is 1. The zero-order valence-corrected chi connectivity index (χ0v) is 16.8. The quantitative estimate of drug-likeness (QED) is 0.581. The highest BCUT2D eigenvalue weighted by atomic mass is 35.5. The molecular formula is C18H29ClN6O. The monoisotopic (exact) mass is 380 g/mol. The van der Waals surface area contributed by atoms with Crippen LogP contribution in [-0.4, -0.2) is 67.6 Å². The molecule has 0 aromatic carbocycles. The molecule has 1 saturated heterocycles. The Bertz CT molecular complexity index is 636. The third kappa shape index (κ3) is 5.76. The molecule has 7 nitrogen and oxygen atoms in total. The van der Waals surface area contributed by atoms with Gasteiger partial charge in [0.05, 0.1) is 5.02 Å². The second-order valence-electron chi connectivity index (χ2n) is 6.79. The Labute approximate surface area is 160 Å². The molecule has 0 spiro atoms. The van der Waals surface area contributed by atoms with Crippen molar-refractivity contribution < 1.29 is 4.79 Å². The van der Waals surface area contributed by atoms with Crippen molar-refractivity contribution in [1.82, 2.24) is 20.5 Å². The van der Waals surface area contributed by atoms with E-state index in [1.54, 1.807) is 25.2 Å². The predicted octanol–water partition coefficient (Wildman–Crippen LogP) is 1.74. The van der Waals surface area contributed by atoms with Gasteiger partial charge in [-0.3, -0.25) is 4.79 Å². The molecule has 144 valence electrons. The fourth-order valence-corrected chi connectivity index (χ4v) is 2.87. The molecule has 8 heteroatoms. The molecule has 2 heterocycles. The molecule has 2 atom stereocenters. The molecule has 26 heavy (non-hydrogen) atoms. The summed E-state index contributed by atoms with van der Waals surface area (Å²) in [6, 6.07) is 4.19. The van der Waals surface area contributed by atoms with Crippen LogP contribution in [0, 0.1) is 0 Å². The van der Waals surface area contributed by atoms with Gasteiger partial charge in [0.25, 0.3) is 0 Å². The number of nitrogens with zero attached hydrogens (tertiary/aromatic N) is 4. The molecule has 1 fully saturated rings. The summed E-state index contributed by atoms with van der Waals surface area (Å²) in [7, 11) is 3.47. The van der Waals surface area contributed by atoms with Crippen LogP contribution in [0.2, 0.25) is 5.02 Å². The maximum atomic E-state index is 11.8. The van der Waals surface area contributed by atoms with E-state index in [-0.39, 0.29) is 24.5 Å². The number of rotatable bonds is 6. The molecule has 0 radical (unpaired) electrons. The van der Waals surface area contributed by atoms with Crippen LogP contribution in [0.25, 0.3) is 0 Å². The van der Waals surface area contributed by atoms with Crippen LogP contribution in [0.1, 0.15) is 26.7 Å². The van der Waals surface area contributed by atoms with E-state index in [1.165, 1.54) is 0 Å². The Balaban J connectivity index is 2.00. The van der Waals surface area contributed by atoms with Gasteiger partial charge in [0, 0.05) is 45.5 Å². The van der Waals surface area contributed by atoms with Crippen LogP contribution >= 0.6 is 11.6 Å². The lowest BCUT2D eigenvalue weighted by Gasteiger charge is -2.22. The Hall–Kier alpha value is -2.02. The standard InChI is InChI=1S/C18H29ClN6O/c1-5-13(2)22-18(21-11-16(26)24(3)4)23-14-8-10-25(12-14)17-15(19)7-6-9-20-17/h6-7,9,13-14H,5,8,10-12H2,1-4H3,(H2,21,22,23). The Kier molecular flexibility index (Phi) is 7.50. The van der Waals surface area contributed by atoms with Crippen LogP contribution < -0.4 is 15.5 Å². The first-order valence-electron chi connectivity index (χ1n) is 9.03. The molecule has 0 saturated carbocycles. The summed E-state index contributed by atoms with van der Waals surface area (Å²) in [5.74, 6) is 1.46. The lowest BCUT2D eigenvalue weighted by molar-refractivity contribution is -0.127. The summed E-state index contributed by atoms with van der Waals surface area (Å²) in [6.07, 6.45) is 3.69. The van der Waals surface area contributed by atoms with Gasteiger partial charge in [0.1, 0.15) is 12.4 Å². The van der Waals surface area contributed by atoms with E-state index < -0.39 is 0 Å². The maximum Gasteiger partial charge on any atom is 0.243 e. The van der Waals surface area contributed by atoms with Gasteiger partial charge in [-0.25, -0.2) is 9.98 Å². The molecular weight excluding hydrogens is 352 g/mol. The highest BCUT2D eigenvalue weighted by molar-refractivity contribution is 6.32. The van der Waals surface area contributed by atoms with Crippen molar-refractivity contribution in [3.63, 3.8) is 0 Å². The van der Waals surface area contributed by atoms with Gasteiger partial charge in [-0.2, -0.15) is 0 Å². The number of nitrogens with one attached hydrogen (secondary N) is 2. The number of likely N-dealkylation sites (N-methyl/N-ethyl adjacent to an activating group) is 1. The third-order valence-corrected chi connectivity index (χ3v) is 4.73. The topological polar surface area (TPSA) is 72.9 Å². The minimum absolute atomic E-state index is 0.0245. The molecule has 1 aliphatic heterocycles. The first-order valence-corrected chi connectivity index (χ1v) is 9.41. The fourth-order valence-electron chi connectivity index (χ4n) is 2.63. The molecule has 0 aliphatic carbocycles. The smallest absolute Gasteiger partial charge is 0.243 e. The average Bonchev–Trinajstić information content (AvgIpc) is 3.07. The zero-order chi connectivity index (χ0) is 19.1. The lowest BCUT2D eigenvalue weighted by Crippen LogP contribution is -2.48. The molecule has 1 aromatic heterocycles. The highest BCUT2D eigenvalue weighted by Crippen LogP contribution is 2.25. The summed E-state index contributed by atoms with van der Waals surface area (Å²) in [6.45, 7) is 6.00. The van der Waals surface area contributed by atoms with Gasteiger partial charge in [-0.05, 0) is 31.9 Å². The summed E-state index contributed by atoms with van der Waals surface area (Å²) in [5.41, 5.74) is 0.